The van der Waals surface area contributed by atoms with Gasteiger partial charge < -0.3 is 11.5 Å². The Morgan fingerprint density at radius 2 is 2.05 bits per heavy atom. The first-order valence-corrected chi connectivity index (χ1v) is 6.41. The van der Waals surface area contributed by atoms with Crippen molar-refractivity contribution in [2.45, 2.75) is 32.6 Å². The van der Waals surface area contributed by atoms with Crippen LogP contribution in [-0.2, 0) is 11.2 Å². The molecule has 0 aromatic carbocycles. The minimum absolute atomic E-state index is 0.280. The summed E-state index contributed by atoms with van der Waals surface area (Å²) >= 11 is 0. The Balaban J connectivity index is 2.55. The molecule has 4 N–H and O–H groups in total. The summed E-state index contributed by atoms with van der Waals surface area (Å²) in [6.45, 7) is 1.70. The molecule has 2 rings (SSSR count). The predicted molar refractivity (Wildman–Crippen MR) is 75.8 cm³/mol. The second-order valence-electron chi connectivity index (χ2n) is 4.76. The van der Waals surface area contributed by atoms with Crippen molar-refractivity contribution in [3.8, 4) is 0 Å². The number of aromatic nitrogens is 1. The molecule has 0 aliphatic heterocycles. The maximum atomic E-state index is 11.9. The van der Waals surface area contributed by atoms with Crippen LogP contribution in [0.25, 0.3) is 5.57 Å². The zero-order valence-electron chi connectivity index (χ0n) is 11.3. The molecular weight excluding hydrogens is 256 g/mol. The topological polar surface area (TPSA) is 111 Å². The van der Waals surface area contributed by atoms with E-state index in [1.54, 1.807) is 13.0 Å². The van der Waals surface area contributed by atoms with Gasteiger partial charge >= 0.3 is 0 Å². The highest BCUT2D eigenvalue weighted by Gasteiger charge is 2.19. The normalized spacial score (nSPS) is 13.9. The number of aryl methyl sites for hydroxylation is 2. The Morgan fingerprint density at radius 3 is 2.70 bits per heavy atom. The predicted octanol–water partition coefficient (Wildman–Crippen LogP) is 0.745. The number of pyridine rings is 1. The van der Waals surface area contributed by atoms with Gasteiger partial charge in [-0.2, -0.15) is 4.99 Å². The molecule has 1 amide bonds. The van der Waals surface area contributed by atoms with E-state index in [2.05, 4.69) is 9.98 Å². The summed E-state index contributed by atoms with van der Waals surface area (Å²) in [5, 5.41) is 0. The number of nitrogens with two attached hydrogens (primary N) is 2. The van der Waals surface area contributed by atoms with E-state index in [0.29, 0.717) is 28.9 Å². The monoisotopic (exact) mass is 272 g/mol. The van der Waals surface area contributed by atoms with Crippen LogP contribution in [0.3, 0.4) is 0 Å². The molecule has 1 heterocycles. The van der Waals surface area contributed by atoms with Crippen molar-refractivity contribution in [3.63, 3.8) is 0 Å². The number of amides is 1. The highest BCUT2D eigenvalue weighted by Crippen LogP contribution is 2.28. The molecule has 0 saturated heterocycles. The van der Waals surface area contributed by atoms with Crippen molar-refractivity contribution in [1.82, 2.24) is 4.98 Å². The van der Waals surface area contributed by atoms with E-state index in [1.807, 2.05) is 5.94 Å². The van der Waals surface area contributed by atoms with Gasteiger partial charge in [0.05, 0.1) is 22.5 Å². The summed E-state index contributed by atoms with van der Waals surface area (Å²) in [4.78, 5) is 30.9. The van der Waals surface area contributed by atoms with Gasteiger partial charge in [-0.3, -0.25) is 9.78 Å². The lowest BCUT2D eigenvalue weighted by molar-refractivity contribution is 0.100. The number of aliphatic imine (C=N–C) groups is 1. The third-order valence-electron chi connectivity index (χ3n) is 3.29. The molecule has 0 spiro atoms. The van der Waals surface area contributed by atoms with E-state index in [9.17, 15) is 9.59 Å². The van der Waals surface area contributed by atoms with Crippen molar-refractivity contribution >= 4 is 23.4 Å². The Kier molecular flexibility index (Phi) is 3.96. The van der Waals surface area contributed by atoms with Crippen molar-refractivity contribution in [2.75, 3.05) is 0 Å². The maximum absolute atomic E-state index is 11.9. The second-order valence-corrected chi connectivity index (χ2v) is 4.76. The van der Waals surface area contributed by atoms with Gasteiger partial charge in [-0.15, -0.1) is 0 Å². The van der Waals surface area contributed by atoms with Crippen molar-refractivity contribution in [1.29, 1.82) is 0 Å². The van der Waals surface area contributed by atoms with Crippen LogP contribution in [0.4, 0.5) is 0 Å². The number of hydrogen-bond acceptors (Lipinski definition) is 3. The summed E-state index contributed by atoms with van der Waals surface area (Å²) in [6.07, 6.45) is 3.30. The highest BCUT2D eigenvalue weighted by molar-refractivity contribution is 6.03. The molecule has 1 aliphatic rings. The summed E-state index contributed by atoms with van der Waals surface area (Å²) in [6, 6.07) is 1.73. The van der Waals surface area contributed by atoms with Crippen LogP contribution in [0, 0.1) is 6.92 Å². The number of fused-ring (bicyclic) bond motifs is 1. The lowest BCUT2D eigenvalue weighted by atomic mass is 10.0. The van der Waals surface area contributed by atoms with Crippen LogP contribution in [-0.4, -0.2) is 22.8 Å². The van der Waals surface area contributed by atoms with Crippen molar-refractivity contribution in [2.24, 2.45) is 16.5 Å². The molecule has 1 aliphatic carbocycles. The Labute approximate surface area is 116 Å². The quantitative estimate of drug-likeness (QED) is 0.339. The largest absolute Gasteiger partial charge is 0.370 e. The zero-order chi connectivity index (χ0) is 14.7. The fourth-order valence-corrected chi connectivity index (χ4v) is 2.33. The van der Waals surface area contributed by atoms with Gasteiger partial charge in [-0.1, -0.05) is 0 Å². The molecule has 1 aromatic heterocycles. The third-order valence-corrected chi connectivity index (χ3v) is 3.29. The first-order chi connectivity index (χ1) is 9.52. The number of hydrogen-bond donors (Lipinski definition) is 2. The fraction of sp³-hybridized carbons (Fsp3) is 0.357. The molecule has 0 unspecified atom stereocenters. The maximum Gasteiger partial charge on any atom is 0.282 e. The second kappa shape index (κ2) is 5.67. The van der Waals surface area contributed by atoms with Gasteiger partial charge in [0.25, 0.3) is 5.91 Å². The number of carbonyl (C=O) groups is 1. The SMILES string of the molecule is Cc1nc2c(cc1C(=O)N=C(N)N)CCCCC2=C=O. The van der Waals surface area contributed by atoms with Gasteiger partial charge in [0.2, 0.25) is 0 Å². The van der Waals surface area contributed by atoms with Crippen LogP contribution in [0.1, 0.15) is 46.6 Å². The van der Waals surface area contributed by atoms with Gasteiger partial charge in [0.1, 0.15) is 5.94 Å². The summed E-state index contributed by atoms with van der Waals surface area (Å²) < 4.78 is 0. The standard InChI is InChI=1S/C14H16N4O2/c1-8-11(13(20)18-14(15)16)6-9-4-2-3-5-10(7-19)12(9)17-8/h6H,2-5H2,1H3,(H4,15,16,18,20). The summed E-state index contributed by atoms with van der Waals surface area (Å²) in [5.74, 6) is 1.17. The Morgan fingerprint density at radius 1 is 1.35 bits per heavy atom. The zero-order valence-corrected chi connectivity index (χ0v) is 11.3. The average Bonchev–Trinajstić information content (AvgIpc) is 2.58. The molecule has 20 heavy (non-hydrogen) atoms. The fourth-order valence-electron chi connectivity index (χ4n) is 2.33. The first-order valence-electron chi connectivity index (χ1n) is 6.41. The molecule has 1 aromatic rings. The molecule has 6 nitrogen and oxygen atoms in total. The number of allylic oxidation sites excluding steroid dienone is 1. The van der Waals surface area contributed by atoms with Crippen LogP contribution in [0.15, 0.2) is 11.1 Å². The van der Waals surface area contributed by atoms with Crippen LogP contribution in [0.2, 0.25) is 0 Å². The minimum atomic E-state index is -0.515. The lowest BCUT2D eigenvalue weighted by Crippen LogP contribution is -2.24. The highest BCUT2D eigenvalue weighted by atomic mass is 16.1. The number of guanidine groups is 1. The van der Waals surface area contributed by atoms with Gasteiger partial charge in [0, 0.05) is 0 Å². The van der Waals surface area contributed by atoms with E-state index in [1.165, 1.54) is 0 Å². The molecule has 0 fully saturated rings. The Bertz CT molecular complexity index is 639. The molecule has 0 bridgehead atoms. The molecule has 6 heteroatoms. The van der Waals surface area contributed by atoms with Crippen molar-refractivity contribution in [3.05, 3.63) is 28.6 Å². The lowest BCUT2D eigenvalue weighted by Gasteiger charge is -2.09. The van der Waals surface area contributed by atoms with E-state index < -0.39 is 5.91 Å². The van der Waals surface area contributed by atoms with E-state index in [-0.39, 0.29) is 5.96 Å². The Hall–Kier alpha value is -2.46. The molecule has 104 valence electrons. The third kappa shape index (κ3) is 2.75. The van der Waals surface area contributed by atoms with Gasteiger partial charge in [-0.05, 0) is 44.2 Å². The van der Waals surface area contributed by atoms with Crippen LogP contribution < -0.4 is 11.5 Å². The van der Waals surface area contributed by atoms with Crippen LogP contribution >= 0.6 is 0 Å². The van der Waals surface area contributed by atoms with Crippen molar-refractivity contribution < 1.29 is 9.59 Å². The van der Waals surface area contributed by atoms with E-state index in [4.69, 9.17) is 11.5 Å². The van der Waals surface area contributed by atoms with Crippen LogP contribution in [0.5, 0.6) is 0 Å². The smallest absolute Gasteiger partial charge is 0.282 e. The van der Waals surface area contributed by atoms with E-state index in [0.717, 1.165) is 24.8 Å². The molecule has 0 saturated carbocycles. The number of rotatable bonds is 1. The number of nitrogens with zero attached hydrogens (tertiary/aromatic N) is 2. The molecule has 0 radical (unpaired) electrons. The minimum Gasteiger partial charge on any atom is -0.370 e. The summed E-state index contributed by atoms with van der Waals surface area (Å²) in [7, 11) is 0. The average molecular weight is 272 g/mol. The van der Waals surface area contributed by atoms with Gasteiger partial charge in [0.15, 0.2) is 5.96 Å². The first kappa shape index (κ1) is 14.0. The van der Waals surface area contributed by atoms with E-state index >= 15 is 0 Å². The molecular formula is C14H16N4O2. The molecule has 0 atom stereocenters. The summed E-state index contributed by atoms with van der Waals surface area (Å²) in [5.41, 5.74) is 13.4. The number of carbonyl (C=O) groups excluding carboxylic acids is 2. The van der Waals surface area contributed by atoms with Gasteiger partial charge in [-0.25, -0.2) is 4.79 Å².